The van der Waals surface area contributed by atoms with Crippen molar-refractivity contribution >= 4 is 21.8 Å². The summed E-state index contributed by atoms with van der Waals surface area (Å²) in [6, 6.07) is 5.54. The van der Waals surface area contributed by atoms with Crippen molar-refractivity contribution in [2.24, 2.45) is 0 Å². The van der Waals surface area contributed by atoms with Gasteiger partial charge in [0.2, 0.25) is 5.91 Å². The quantitative estimate of drug-likeness (QED) is 0.631. The lowest BCUT2D eigenvalue weighted by Gasteiger charge is -2.27. The summed E-state index contributed by atoms with van der Waals surface area (Å²) in [5.41, 5.74) is 1.91. The number of carbonyl (C=O) groups excluding carboxylic acids is 1. The van der Waals surface area contributed by atoms with E-state index in [1.165, 1.54) is 6.08 Å². The van der Waals surface area contributed by atoms with Gasteiger partial charge in [-0.2, -0.15) is 0 Å². The van der Waals surface area contributed by atoms with E-state index in [1.807, 2.05) is 39.2 Å². The number of rotatable bonds is 8. The number of hydrogen-bond acceptors (Lipinski definition) is 5. The normalized spacial score (nSPS) is 18.9. The highest BCUT2D eigenvalue weighted by Gasteiger charge is 2.33. The second-order valence-corrected chi connectivity index (χ2v) is 9.55. The molecular formula is C20H30N2O4S. The minimum absolute atomic E-state index is 0.0578. The SMILES string of the molecule is COc1ccc(C)cc1/C=C/C(=O)N(CCCN(C)C)C1CCS(=O)(=O)C1. The Hall–Kier alpha value is -1.86. The number of ether oxygens (including phenoxy) is 1. The van der Waals surface area contributed by atoms with Crippen LogP contribution in [-0.4, -0.2) is 76.0 Å². The van der Waals surface area contributed by atoms with Gasteiger partial charge in [-0.15, -0.1) is 0 Å². The van der Waals surface area contributed by atoms with Crippen molar-refractivity contribution in [1.82, 2.24) is 9.80 Å². The van der Waals surface area contributed by atoms with Gasteiger partial charge >= 0.3 is 0 Å². The highest BCUT2D eigenvalue weighted by atomic mass is 32.2. The molecule has 0 radical (unpaired) electrons. The molecule has 1 aliphatic heterocycles. The van der Waals surface area contributed by atoms with Crippen molar-refractivity contribution in [2.75, 3.05) is 45.8 Å². The maximum absolute atomic E-state index is 12.9. The molecule has 2 rings (SSSR count). The van der Waals surface area contributed by atoms with Crippen LogP contribution in [0, 0.1) is 6.92 Å². The second kappa shape index (κ2) is 9.37. The van der Waals surface area contributed by atoms with E-state index in [0.717, 1.165) is 24.1 Å². The van der Waals surface area contributed by atoms with Gasteiger partial charge in [-0.25, -0.2) is 8.42 Å². The molecule has 27 heavy (non-hydrogen) atoms. The lowest BCUT2D eigenvalue weighted by atomic mass is 10.1. The minimum atomic E-state index is -3.05. The number of sulfone groups is 1. The van der Waals surface area contributed by atoms with Crippen LogP contribution in [0.25, 0.3) is 6.08 Å². The number of amides is 1. The van der Waals surface area contributed by atoms with E-state index in [-0.39, 0.29) is 23.5 Å². The topological polar surface area (TPSA) is 66.9 Å². The number of hydrogen-bond donors (Lipinski definition) is 0. The molecule has 0 aliphatic carbocycles. The van der Waals surface area contributed by atoms with Gasteiger partial charge in [0, 0.05) is 24.2 Å². The summed E-state index contributed by atoms with van der Waals surface area (Å²) in [6.45, 7) is 3.38. The Kier molecular flexibility index (Phi) is 7.44. The zero-order valence-corrected chi connectivity index (χ0v) is 17.5. The number of benzene rings is 1. The average molecular weight is 395 g/mol. The summed E-state index contributed by atoms with van der Waals surface area (Å²) in [7, 11) is 2.52. The summed E-state index contributed by atoms with van der Waals surface area (Å²) in [4.78, 5) is 16.6. The molecule has 1 aliphatic rings. The van der Waals surface area contributed by atoms with E-state index in [0.29, 0.717) is 18.7 Å². The Bertz CT molecular complexity index is 787. The molecule has 7 heteroatoms. The van der Waals surface area contributed by atoms with Crippen LogP contribution in [0.2, 0.25) is 0 Å². The fraction of sp³-hybridized carbons (Fsp3) is 0.550. The van der Waals surface area contributed by atoms with Crippen LogP contribution in [0.4, 0.5) is 0 Å². The molecule has 1 atom stereocenters. The second-order valence-electron chi connectivity index (χ2n) is 7.32. The minimum Gasteiger partial charge on any atom is -0.496 e. The molecule has 1 aromatic carbocycles. The summed E-state index contributed by atoms with van der Waals surface area (Å²) in [6.07, 6.45) is 4.59. The molecule has 0 spiro atoms. The summed E-state index contributed by atoms with van der Waals surface area (Å²) < 4.78 is 29.1. The van der Waals surface area contributed by atoms with Gasteiger partial charge in [-0.05, 0) is 58.6 Å². The first-order valence-corrected chi connectivity index (χ1v) is 11.0. The maximum atomic E-state index is 12.9. The third kappa shape index (κ3) is 6.36. The number of methoxy groups -OCH3 is 1. The summed E-state index contributed by atoms with van der Waals surface area (Å²) in [5, 5.41) is 0. The third-order valence-electron chi connectivity index (χ3n) is 4.73. The molecule has 1 heterocycles. The maximum Gasteiger partial charge on any atom is 0.246 e. The van der Waals surface area contributed by atoms with Gasteiger partial charge in [-0.3, -0.25) is 4.79 Å². The van der Waals surface area contributed by atoms with Crippen molar-refractivity contribution < 1.29 is 17.9 Å². The molecule has 0 aromatic heterocycles. The molecule has 1 amide bonds. The fourth-order valence-electron chi connectivity index (χ4n) is 3.29. The van der Waals surface area contributed by atoms with Crippen LogP contribution in [0.3, 0.4) is 0 Å². The monoisotopic (exact) mass is 394 g/mol. The molecule has 0 saturated carbocycles. The van der Waals surface area contributed by atoms with Crippen LogP contribution in [0.5, 0.6) is 5.75 Å². The molecule has 0 bridgehead atoms. The third-order valence-corrected chi connectivity index (χ3v) is 6.48. The van der Waals surface area contributed by atoms with Crippen molar-refractivity contribution in [3.05, 3.63) is 35.4 Å². The standard InChI is InChI=1S/C20H30N2O4S/c1-16-6-8-19(26-4)17(14-16)7-9-20(23)22(12-5-11-21(2)3)18-10-13-27(24,25)15-18/h6-9,14,18H,5,10-13,15H2,1-4H3/b9-7+. The van der Waals surface area contributed by atoms with Gasteiger partial charge in [0.25, 0.3) is 0 Å². The average Bonchev–Trinajstić information content (AvgIpc) is 2.96. The van der Waals surface area contributed by atoms with E-state index in [2.05, 4.69) is 4.90 Å². The Morgan fingerprint density at radius 3 is 2.63 bits per heavy atom. The molecular weight excluding hydrogens is 364 g/mol. The highest BCUT2D eigenvalue weighted by molar-refractivity contribution is 7.91. The predicted octanol–water partition coefficient (Wildman–Crippen LogP) is 1.98. The lowest BCUT2D eigenvalue weighted by molar-refractivity contribution is -0.127. The van der Waals surface area contributed by atoms with Crippen molar-refractivity contribution in [1.29, 1.82) is 0 Å². The van der Waals surface area contributed by atoms with Gasteiger partial charge in [0.05, 0.1) is 18.6 Å². The summed E-state index contributed by atoms with van der Waals surface area (Å²) in [5.74, 6) is 0.763. The van der Waals surface area contributed by atoms with Crippen LogP contribution in [0.15, 0.2) is 24.3 Å². The Morgan fingerprint density at radius 1 is 1.30 bits per heavy atom. The van der Waals surface area contributed by atoms with E-state index in [4.69, 9.17) is 4.74 Å². The highest BCUT2D eigenvalue weighted by Crippen LogP contribution is 2.22. The van der Waals surface area contributed by atoms with Crippen LogP contribution in [0.1, 0.15) is 24.0 Å². The van der Waals surface area contributed by atoms with E-state index in [9.17, 15) is 13.2 Å². The Balaban J connectivity index is 2.16. The number of nitrogens with zero attached hydrogens (tertiary/aromatic N) is 2. The van der Waals surface area contributed by atoms with Crippen molar-refractivity contribution in [3.8, 4) is 5.75 Å². The van der Waals surface area contributed by atoms with Gasteiger partial charge in [0.15, 0.2) is 9.84 Å². The predicted molar refractivity (Wildman–Crippen MR) is 109 cm³/mol. The van der Waals surface area contributed by atoms with Gasteiger partial charge in [-0.1, -0.05) is 11.6 Å². The lowest BCUT2D eigenvalue weighted by Crippen LogP contribution is -2.41. The van der Waals surface area contributed by atoms with Crippen molar-refractivity contribution in [3.63, 3.8) is 0 Å². The van der Waals surface area contributed by atoms with Gasteiger partial charge < -0.3 is 14.5 Å². The number of carbonyl (C=O) groups is 1. The van der Waals surface area contributed by atoms with E-state index >= 15 is 0 Å². The first-order chi connectivity index (χ1) is 12.7. The zero-order valence-electron chi connectivity index (χ0n) is 16.6. The molecule has 1 saturated heterocycles. The molecule has 150 valence electrons. The van der Waals surface area contributed by atoms with Crippen LogP contribution < -0.4 is 4.74 Å². The largest absolute Gasteiger partial charge is 0.496 e. The van der Waals surface area contributed by atoms with Crippen molar-refractivity contribution in [2.45, 2.75) is 25.8 Å². The zero-order chi connectivity index (χ0) is 20.0. The van der Waals surface area contributed by atoms with E-state index in [1.54, 1.807) is 18.1 Å². The Labute approximate surface area is 162 Å². The molecule has 1 aromatic rings. The molecule has 6 nitrogen and oxygen atoms in total. The molecule has 1 unspecified atom stereocenters. The number of aryl methyl sites for hydroxylation is 1. The van der Waals surface area contributed by atoms with Gasteiger partial charge in [0.1, 0.15) is 5.75 Å². The molecule has 0 N–H and O–H groups in total. The smallest absolute Gasteiger partial charge is 0.246 e. The first kappa shape index (κ1) is 21.4. The Morgan fingerprint density at radius 2 is 2.04 bits per heavy atom. The summed E-state index contributed by atoms with van der Waals surface area (Å²) >= 11 is 0. The van der Waals surface area contributed by atoms with Crippen LogP contribution >= 0.6 is 0 Å². The first-order valence-electron chi connectivity index (χ1n) is 9.20. The van der Waals surface area contributed by atoms with Crippen LogP contribution in [-0.2, 0) is 14.6 Å². The fourth-order valence-corrected chi connectivity index (χ4v) is 5.02. The molecule has 1 fully saturated rings. The van der Waals surface area contributed by atoms with E-state index < -0.39 is 9.84 Å².